The highest BCUT2D eigenvalue weighted by atomic mass is 32.2. The van der Waals surface area contributed by atoms with Gasteiger partial charge >= 0.3 is 0 Å². The van der Waals surface area contributed by atoms with Crippen LogP contribution in [0.2, 0.25) is 0 Å². The van der Waals surface area contributed by atoms with Gasteiger partial charge in [-0.05, 0) is 30.7 Å². The largest absolute Gasteiger partial charge is 0.298 e. The number of ketones is 1. The number of nitrogens with zero attached hydrogens (tertiary/aromatic N) is 1. The molecule has 0 aliphatic carbocycles. The number of sulfonamides is 1. The molecule has 0 bridgehead atoms. The van der Waals surface area contributed by atoms with Crippen molar-refractivity contribution in [3.63, 3.8) is 0 Å². The molecule has 2 aromatic carbocycles. The minimum absolute atomic E-state index is 0.147. The zero-order chi connectivity index (χ0) is 15.0. The van der Waals surface area contributed by atoms with E-state index in [1.54, 1.807) is 42.5 Å². The monoisotopic (exact) mass is 301 g/mol. The molecule has 1 aliphatic rings. The summed E-state index contributed by atoms with van der Waals surface area (Å²) in [6.45, 7) is 1.43. The van der Waals surface area contributed by atoms with Crippen molar-refractivity contribution in [3.8, 4) is 0 Å². The minimum Gasteiger partial charge on any atom is -0.298 e. The van der Waals surface area contributed by atoms with Gasteiger partial charge in [0.2, 0.25) is 0 Å². The molecule has 1 unspecified atom stereocenters. The fraction of sp³-hybridized carbons (Fsp3) is 0.188. The first kappa shape index (κ1) is 13.8. The highest BCUT2D eigenvalue weighted by Gasteiger charge is 2.40. The number of rotatable bonds is 3. The molecule has 0 aromatic heterocycles. The molecule has 1 heterocycles. The summed E-state index contributed by atoms with van der Waals surface area (Å²) in [6.07, 6.45) is 0.428. The molecule has 0 saturated heterocycles. The summed E-state index contributed by atoms with van der Waals surface area (Å²) in [4.78, 5) is 12.1. The summed E-state index contributed by atoms with van der Waals surface area (Å²) in [5.41, 5.74) is 1.48. The van der Waals surface area contributed by atoms with Crippen molar-refractivity contribution in [2.75, 3.05) is 4.31 Å². The quantitative estimate of drug-likeness (QED) is 0.874. The van der Waals surface area contributed by atoms with Crippen LogP contribution in [0.15, 0.2) is 59.5 Å². The Balaban J connectivity index is 2.17. The summed E-state index contributed by atoms with van der Waals surface area (Å²) < 4.78 is 27.0. The number of carbonyl (C=O) groups excluding carboxylic acids is 1. The van der Waals surface area contributed by atoms with Gasteiger partial charge in [-0.25, -0.2) is 8.42 Å². The van der Waals surface area contributed by atoms with E-state index < -0.39 is 16.1 Å². The van der Waals surface area contributed by atoms with Crippen molar-refractivity contribution in [3.05, 3.63) is 60.2 Å². The van der Waals surface area contributed by atoms with Crippen molar-refractivity contribution in [1.82, 2.24) is 0 Å². The van der Waals surface area contributed by atoms with Crippen LogP contribution in [-0.2, 0) is 21.2 Å². The molecular weight excluding hydrogens is 286 g/mol. The molecule has 0 spiro atoms. The van der Waals surface area contributed by atoms with Gasteiger partial charge in [0.25, 0.3) is 10.0 Å². The van der Waals surface area contributed by atoms with Gasteiger partial charge in [-0.3, -0.25) is 9.10 Å². The zero-order valence-electron chi connectivity index (χ0n) is 11.6. The number of hydrogen-bond acceptors (Lipinski definition) is 3. The van der Waals surface area contributed by atoms with E-state index in [9.17, 15) is 13.2 Å². The van der Waals surface area contributed by atoms with Gasteiger partial charge < -0.3 is 0 Å². The van der Waals surface area contributed by atoms with Gasteiger partial charge in [0, 0.05) is 6.42 Å². The first-order chi connectivity index (χ1) is 10.0. The van der Waals surface area contributed by atoms with Gasteiger partial charge in [0.05, 0.1) is 10.6 Å². The van der Waals surface area contributed by atoms with E-state index in [4.69, 9.17) is 0 Å². The average Bonchev–Trinajstić information content (AvgIpc) is 2.88. The Hall–Kier alpha value is -2.14. The molecule has 5 heteroatoms. The average molecular weight is 301 g/mol. The van der Waals surface area contributed by atoms with Crippen molar-refractivity contribution < 1.29 is 13.2 Å². The van der Waals surface area contributed by atoms with Crippen molar-refractivity contribution in [2.45, 2.75) is 24.3 Å². The maximum atomic E-state index is 12.9. The standard InChI is InChI=1S/C16H15NO3S/c1-12(18)16-11-13-7-5-6-10-15(13)17(16)21(19,20)14-8-3-2-4-9-14/h2-10,16H,11H2,1H3. The predicted octanol–water partition coefficient (Wildman–Crippen LogP) is 2.40. The Bertz CT molecular complexity index is 784. The van der Waals surface area contributed by atoms with Crippen LogP contribution in [0.4, 0.5) is 5.69 Å². The Morgan fingerprint density at radius 3 is 2.33 bits per heavy atom. The molecule has 2 aromatic rings. The molecule has 0 radical (unpaired) electrons. The molecule has 1 aliphatic heterocycles. The summed E-state index contributed by atoms with van der Waals surface area (Å²) in [5, 5.41) is 0. The highest BCUT2D eigenvalue weighted by Crippen LogP contribution is 2.36. The van der Waals surface area contributed by atoms with E-state index in [1.807, 2.05) is 12.1 Å². The maximum absolute atomic E-state index is 12.9. The fourth-order valence-corrected chi connectivity index (χ4v) is 4.39. The van der Waals surface area contributed by atoms with E-state index in [1.165, 1.54) is 11.2 Å². The van der Waals surface area contributed by atoms with Crippen LogP contribution in [-0.4, -0.2) is 20.2 Å². The molecule has 108 valence electrons. The molecule has 21 heavy (non-hydrogen) atoms. The van der Waals surface area contributed by atoms with Crippen molar-refractivity contribution in [2.24, 2.45) is 0 Å². The van der Waals surface area contributed by atoms with Crippen LogP contribution in [0.3, 0.4) is 0 Å². The van der Waals surface area contributed by atoms with E-state index >= 15 is 0 Å². The molecule has 0 amide bonds. The van der Waals surface area contributed by atoms with Gasteiger partial charge in [0.15, 0.2) is 5.78 Å². The molecule has 0 N–H and O–H groups in total. The second kappa shape index (κ2) is 5.00. The summed E-state index contributed by atoms with van der Waals surface area (Å²) in [5.74, 6) is -0.147. The SMILES string of the molecule is CC(=O)C1Cc2ccccc2N1S(=O)(=O)c1ccccc1. The zero-order valence-corrected chi connectivity index (χ0v) is 12.4. The lowest BCUT2D eigenvalue weighted by Crippen LogP contribution is -2.41. The number of carbonyl (C=O) groups is 1. The third kappa shape index (κ3) is 2.23. The second-order valence-electron chi connectivity index (χ2n) is 5.07. The Morgan fingerprint density at radius 1 is 1.05 bits per heavy atom. The van der Waals surface area contributed by atoms with Gasteiger partial charge in [0.1, 0.15) is 6.04 Å². The number of anilines is 1. The second-order valence-corrected chi connectivity index (χ2v) is 6.89. The minimum atomic E-state index is -3.73. The number of benzene rings is 2. The van der Waals surface area contributed by atoms with Crippen LogP contribution in [0.1, 0.15) is 12.5 Å². The number of fused-ring (bicyclic) bond motifs is 1. The predicted molar refractivity (Wildman–Crippen MR) is 80.7 cm³/mol. The number of Topliss-reactive ketones (excluding diaryl/α,β-unsaturated/α-hetero) is 1. The molecule has 3 rings (SSSR count). The first-order valence-corrected chi connectivity index (χ1v) is 8.13. The molecule has 0 saturated carbocycles. The third-order valence-electron chi connectivity index (χ3n) is 3.69. The van der Waals surface area contributed by atoms with Crippen LogP contribution in [0.25, 0.3) is 0 Å². The van der Waals surface area contributed by atoms with Crippen molar-refractivity contribution in [1.29, 1.82) is 0 Å². The topological polar surface area (TPSA) is 54.5 Å². The van der Waals surface area contributed by atoms with Gasteiger partial charge in [-0.15, -0.1) is 0 Å². The fourth-order valence-electron chi connectivity index (χ4n) is 2.67. The van der Waals surface area contributed by atoms with Crippen LogP contribution < -0.4 is 4.31 Å². The maximum Gasteiger partial charge on any atom is 0.264 e. The lowest BCUT2D eigenvalue weighted by atomic mass is 10.1. The third-order valence-corrected chi connectivity index (χ3v) is 5.53. The smallest absolute Gasteiger partial charge is 0.264 e. The van der Waals surface area contributed by atoms with Crippen LogP contribution in [0.5, 0.6) is 0 Å². The normalized spacial score (nSPS) is 17.6. The summed E-state index contributed by atoms with van der Waals surface area (Å²) >= 11 is 0. The molecular formula is C16H15NO3S. The molecule has 0 fully saturated rings. The number of para-hydroxylation sites is 1. The van der Waals surface area contributed by atoms with Gasteiger partial charge in [-0.2, -0.15) is 0 Å². The first-order valence-electron chi connectivity index (χ1n) is 6.69. The number of hydrogen-bond donors (Lipinski definition) is 0. The Kier molecular flexibility index (Phi) is 3.29. The van der Waals surface area contributed by atoms with E-state index in [0.717, 1.165) is 5.56 Å². The van der Waals surface area contributed by atoms with Crippen LogP contribution >= 0.6 is 0 Å². The Morgan fingerprint density at radius 2 is 1.67 bits per heavy atom. The summed E-state index contributed by atoms with van der Waals surface area (Å²) in [6, 6.07) is 14.8. The lowest BCUT2D eigenvalue weighted by Gasteiger charge is -2.25. The van der Waals surface area contributed by atoms with Crippen molar-refractivity contribution >= 4 is 21.5 Å². The Labute approximate surface area is 124 Å². The highest BCUT2D eigenvalue weighted by molar-refractivity contribution is 7.93. The molecule has 1 atom stereocenters. The molecule has 4 nitrogen and oxygen atoms in total. The lowest BCUT2D eigenvalue weighted by molar-refractivity contribution is -0.117. The van der Waals surface area contributed by atoms with E-state index in [-0.39, 0.29) is 10.7 Å². The van der Waals surface area contributed by atoms with Gasteiger partial charge in [-0.1, -0.05) is 36.4 Å². The van der Waals surface area contributed by atoms with E-state index in [2.05, 4.69) is 0 Å². The van der Waals surface area contributed by atoms with Crippen LogP contribution in [0, 0.1) is 0 Å². The summed E-state index contributed by atoms with van der Waals surface area (Å²) in [7, 11) is -3.73. The van der Waals surface area contributed by atoms with E-state index in [0.29, 0.717) is 12.1 Å².